The van der Waals surface area contributed by atoms with E-state index in [4.69, 9.17) is 0 Å². The van der Waals surface area contributed by atoms with Gasteiger partial charge in [-0.2, -0.15) is 0 Å². The van der Waals surface area contributed by atoms with Gasteiger partial charge in [-0.3, -0.25) is 9.36 Å². The molecular weight excluding hydrogens is 250 g/mol. The van der Waals surface area contributed by atoms with Crippen molar-refractivity contribution in [3.05, 3.63) is 57.8 Å². The normalized spacial score (nSPS) is 11.2. The van der Waals surface area contributed by atoms with Gasteiger partial charge in [0.15, 0.2) is 5.65 Å². The van der Waals surface area contributed by atoms with Crippen molar-refractivity contribution in [1.82, 2.24) is 14.5 Å². The second-order valence-corrected chi connectivity index (χ2v) is 4.95. The number of aryl methyl sites for hydroxylation is 2. The third-order valence-corrected chi connectivity index (χ3v) is 3.76. The first-order chi connectivity index (χ1) is 9.63. The van der Waals surface area contributed by atoms with E-state index in [1.807, 2.05) is 51.1 Å². The first-order valence-electron chi connectivity index (χ1n) is 6.79. The zero-order valence-electron chi connectivity index (χ0n) is 11.9. The summed E-state index contributed by atoms with van der Waals surface area (Å²) in [6, 6.07) is 10.0. The van der Waals surface area contributed by atoms with Crippen molar-refractivity contribution in [1.29, 1.82) is 0 Å². The van der Waals surface area contributed by atoms with Gasteiger partial charge in [-0.05, 0) is 31.5 Å². The molecule has 20 heavy (non-hydrogen) atoms. The molecule has 0 radical (unpaired) electrons. The maximum absolute atomic E-state index is 12.3. The Bertz CT molecular complexity index is 828. The highest BCUT2D eigenvalue weighted by atomic mass is 16.1. The minimum atomic E-state index is -0.0536. The van der Waals surface area contributed by atoms with E-state index in [0.717, 1.165) is 28.4 Å². The summed E-state index contributed by atoms with van der Waals surface area (Å²) >= 11 is 0. The number of hydrogen-bond donors (Lipinski definition) is 1. The highest BCUT2D eigenvalue weighted by Gasteiger charge is 2.17. The number of aromatic amines is 1. The van der Waals surface area contributed by atoms with Gasteiger partial charge in [0.1, 0.15) is 5.82 Å². The number of hydrogen-bond acceptors (Lipinski definition) is 2. The molecule has 1 aromatic carbocycles. The Morgan fingerprint density at radius 3 is 2.55 bits per heavy atom. The minimum Gasteiger partial charge on any atom is -0.310 e. The molecule has 0 aliphatic heterocycles. The molecule has 4 heteroatoms. The third-order valence-electron chi connectivity index (χ3n) is 3.76. The predicted molar refractivity (Wildman–Crippen MR) is 80.5 cm³/mol. The quantitative estimate of drug-likeness (QED) is 0.776. The zero-order chi connectivity index (χ0) is 14.3. The van der Waals surface area contributed by atoms with Crippen molar-refractivity contribution in [2.75, 3.05) is 0 Å². The molecule has 0 atom stereocenters. The van der Waals surface area contributed by atoms with Crippen LogP contribution in [-0.4, -0.2) is 14.5 Å². The van der Waals surface area contributed by atoms with Crippen LogP contribution in [0.5, 0.6) is 0 Å². The van der Waals surface area contributed by atoms with Crippen LogP contribution < -0.4 is 5.56 Å². The van der Waals surface area contributed by atoms with E-state index in [2.05, 4.69) is 14.5 Å². The SMILES string of the molecule is CCc1nc2c(c(C)c(C)n2-c2ccccc2)c(=O)[nH]1. The number of H-pyrrole nitrogens is 1. The summed E-state index contributed by atoms with van der Waals surface area (Å²) < 4.78 is 2.05. The van der Waals surface area contributed by atoms with Crippen LogP contribution in [0.1, 0.15) is 24.0 Å². The Morgan fingerprint density at radius 1 is 1.20 bits per heavy atom. The van der Waals surface area contributed by atoms with Gasteiger partial charge in [0, 0.05) is 17.8 Å². The molecule has 1 N–H and O–H groups in total. The molecule has 0 aliphatic rings. The number of nitrogens with zero attached hydrogens (tertiary/aromatic N) is 2. The molecule has 3 aromatic rings. The molecule has 3 rings (SSSR count). The molecule has 0 fully saturated rings. The Morgan fingerprint density at radius 2 is 1.90 bits per heavy atom. The average molecular weight is 267 g/mol. The number of aromatic nitrogens is 3. The van der Waals surface area contributed by atoms with E-state index in [1.165, 1.54) is 0 Å². The molecule has 0 spiro atoms. The number of rotatable bonds is 2. The number of fused-ring (bicyclic) bond motifs is 1. The van der Waals surface area contributed by atoms with Crippen molar-refractivity contribution in [3.8, 4) is 5.69 Å². The van der Waals surface area contributed by atoms with Crippen molar-refractivity contribution >= 4 is 11.0 Å². The maximum Gasteiger partial charge on any atom is 0.260 e. The first kappa shape index (κ1) is 12.7. The molecule has 0 saturated heterocycles. The minimum absolute atomic E-state index is 0.0536. The Hall–Kier alpha value is -2.36. The summed E-state index contributed by atoms with van der Waals surface area (Å²) in [5.74, 6) is 0.720. The van der Waals surface area contributed by atoms with Crippen LogP contribution in [0.4, 0.5) is 0 Å². The molecular formula is C16H17N3O. The van der Waals surface area contributed by atoms with Crippen LogP contribution >= 0.6 is 0 Å². The highest BCUT2D eigenvalue weighted by molar-refractivity contribution is 5.83. The molecule has 0 saturated carbocycles. The van der Waals surface area contributed by atoms with Gasteiger partial charge in [-0.15, -0.1) is 0 Å². The lowest BCUT2D eigenvalue weighted by atomic mass is 10.2. The summed E-state index contributed by atoms with van der Waals surface area (Å²) in [5.41, 5.74) is 3.76. The second kappa shape index (κ2) is 4.63. The number of para-hydroxylation sites is 1. The van der Waals surface area contributed by atoms with E-state index in [0.29, 0.717) is 11.8 Å². The summed E-state index contributed by atoms with van der Waals surface area (Å²) in [7, 11) is 0. The van der Waals surface area contributed by atoms with Gasteiger partial charge in [0.2, 0.25) is 0 Å². The Balaban J connectivity index is 2.46. The Kier molecular flexibility index (Phi) is 2.93. The molecule has 4 nitrogen and oxygen atoms in total. The molecule has 0 aliphatic carbocycles. The van der Waals surface area contributed by atoms with Gasteiger partial charge in [0.25, 0.3) is 5.56 Å². The van der Waals surface area contributed by atoms with E-state index in [9.17, 15) is 4.79 Å². The lowest BCUT2D eigenvalue weighted by molar-refractivity contribution is 0.922. The standard InChI is InChI=1S/C16H17N3O/c1-4-13-17-15-14(16(20)18-13)10(2)11(3)19(15)12-8-6-5-7-9-12/h5-9H,4H2,1-3H3,(H,17,18,20). The van der Waals surface area contributed by atoms with Crippen LogP contribution in [0.2, 0.25) is 0 Å². The van der Waals surface area contributed by atoms with E-state index < -0.39 is 0 Å². The van der Waals surface area contributed by atoms with Crippen LogP contribution in [0.3, 0.4) is 0 Å². The first-order valence-corrected chi connectivity index (χ1v) is 6.79. The smallest absolute Gasteiger partial charge is 0.260 e. The maximum atomic E-state index is 12.3. The number of nitrogens with one attached hydrogen (secondary N) is 1. The summed E-state index contributed by atoms with van der Waals surface area (Å²) in [6.07, 6.45) is 0.712. The molecule has 0 unspecified atom stereocenters. The topological polar surface area (TPSA) is 50.7 Å². The van der Waals surface area contributed by atoms with Gasteiger partial charge in [-0.25, -0.2) is 4.98 Å². The molecule has 2 aromatic heterocycles. The molecule has 0 amide bonds. The molecule has 2 heterocycles. The number of benzene rings is 1. The van der Waals surface area contributed by atoms with Crippen molar-refractivity contribution in [2.45, 2.75) is 27.2 Å². The van der Waals surface area contributed by atoms with E-state index >= 15 is 0 Å². The largest absolute Gasteiger partial charge is 0.310 e. The van der Waals surface area contributed by atoms with E-state index in [-0.39, 0.29) is 5.56 Å². The summed E-state index contributed by atoms with van der Waals surface area (Å²) in [5, 5.41) is 0.684. The highest BCUT2D eigenvalue weighted by Crippen LogP contribution is 2.24. The van der Waals surface area contributed by atoms with Crippen LogP contribution in [0.15, 0.2) is 35.1 Å². The fourth-order valence-electron chi connectivity index (χ4n) is 2.57. The van der Waals surface area contributed by atoms with Crippen LogP contribution in [0, 0.1) is 13.8 Å². The van der Waals surface area contributed by atoms with Gasteiger partial charge in [0.05, 0.1) is 5.39 Å². The van der Waals surface area contributed by atoms with Crippen LogP contribution in [0.25, 0.3) is 16.7 Å². The van der Waals surface area contributed by atoms with Gasteiger partial charge in [-0.1, -0.05) is 25.1 Å². The molecule has 102 valence electrons. The van der Waals surface area contributed by atoms with Crippen molar-refractivity contribution in [2.24, 2.45) is 0 Å². The average Bonchev–Trinajstić information content (AvgIpc) is 2.72. The lowest BCUT2D eigenvalue weighted by Crippen LogP contribution is -2.12. The predicted octanol–water partition coefficient (Wildman–Crippen LogP) is 2.89. The fraction of sp³-hybridized carbons (Fsp3) is 0.250. The summed E-state index contributed by atoms with van der Waals surface area (Å²) in [4.78, 5) is 19.7. The van der Waals surface area contributed by atoms with Crippen molar-refractivity contribution in [3.63, 3.8) is 0 Å². The van der Waals surface area contributed by atoms with Gasteiger partial charge < -0.3 is 4.98 Å². The summed E-state index contributed by atoms with van der Waals surface area (Å²) in [6.45, 7) is 5.98. The Labute approximate surface area is 117 Å². The van der Waals surface area contributed by atoms with Gasteiger partial charge >= 0.3 is 0 Å². The van der Waals surface area contributed by atoms with Crippen LogP contribution in [-0.2, 0) is 6.42 Å². The van der Waals surface area contributed by atoms with Crippen molar-refractivity contribution < 1.29 is 0 Å². The third kappa shape index (κ3) is 1.76. The molecule has 0 bridgehead atoms. The zero-order valence-corrected chi connectivity index (χ0v) is 11.9. The monoisotopic (exact) mass is 267 g/mol. The fourth-order valence-corrected chi connectivity index (χ4v) is 2.57. The lowest BCUT2D eigenvalue weighted by Gasteiger charge is -2.07. The second-order valence-electron chi connectivity index (χ2n) is 4.95. The van der Waals surface area contributed by atoms with E-state index in [1.54, 1.807) is 0 Å².